The first-order valence-electron chi connectivity index (χ1n) is 3.37. The number of rotatable bonds is 2. The van der Waals surface area contributed by atoms with Gasteiger partial charge in [-0.3, -0.25) is 0 Å². The molecule has 0 saturated carbocycles. The lowest BCUT2D eigenvalue weighted by Gasteiger charge is -1.85. The van der Waals surface area contributed by atoms with Crippen molar-refractivity contribution in [2.75, 3.05) is 6.61 Å². The molecule has 1 atom stereocenters. The molecule has 1 unspecified atom stereocenters. The smallest absolute Gasteiger partial charge is 0.0896 e. The van der Waals surface area contributed by atoms with Crippen LogP contribution in [0.15, 0.2) is 6.20 Å². The van der Waals surface area contributed by atoms with Crippen LogP contribution in [-0.4, -0.2) is 17.7 Å². The average molecular weight is 155 g/mol. The van der Waals surface area contributed by atoms with E-state index in [1.807, 2.05) is 13.1 Å². The molecule has 0 bridgehead atoms. The molecule has 1 aromatic rings. The van der Waals surface area contributed by atoms with Crippen molar-refractivity contribution in [2.24, 2.45) is 0 Å². The van der Waals surface area contributed by atoms with Gasteiger partial charge in [0.15, 0.2) is 0 Å². The average Bonchev–Trinajstić information content (AvgIpc) is 2.59. The molecule has 0 amide bonds. The maximum absolute atomic E-state index is 5.10. The summed E-state index contributed by atoms with van der Waals surface area (Å²) in [5.41, 5.74) is 0. The van der Waals surface area contributed by atoms with Gasteiger partial charge in [-0.2, -0.15) is 0 Å². The van der Waals surface area contributed by atoms with Gasteiger partial charge in [0.1, 0.15) is 0 Å². The fourth-order valence-corrected chi connectivity index (χ4v) is 1.77. The Morgan fingerprint density at radius 3 is 3.20 bits per heavy atom. The largest absolute Gasteiger partial charge is 0.373 e. The Morgan fingerprint density at radius 1 is 1.90 bits per heavy atom. The summed E-state index contributed by atoms with van der Waals surface area (Å²) in [7, 11) is 0. The van der Waals surface area contributed by atoms with Gasteiger partial charge in [0.25, 0.3) is 0 Å². The zero-order valence-corrected chi connectivity index (χ0v) is 6.65. The SMILES string of the molecule is Cc1ncc(CC2CO2)s1. The molecule has 0 aromatic carbocycles. The summed E-state index contributed by atoms with van der Waals surface area (Å²) in [4.78, 5) is 5.51. The highest BCUT2D eigenvalue weighted by molar-refractivity contribution is 7.11. The van der Waals surface area contributed by atoms with Crippen LogP contribution in [-0.2, 0) is 11.2 Å². The highest BCUT2D eigenvalue weighted by Crippen LogP contribution is 2.20. The number of ether oxygens (including phenoxy) is 1. The molecular weight excluding hydrogens is 146 g/mol. The molecule has 1 aliphatic rings. The molecule has 54 valence electrons. The Morgan fingerprint density at radius 2 is 2.70 bits per heavy atom. The number of epoxide rings is 1. The van der Waals surface area contributed by atoms with Crippen molar-refractivity contribution in [1.29, 1.82) is 0 Å². The van der Waals surface area contributed by atoms with Crippen molar-refractivity contribution >= 4 is 11.3 Å². The lowest BCUT2D eigenvalue weighted by molar-refractivity contribution is 0.408. The number of hydrogen-bond acceptors (Lipinski definition) is 3. The van der Waals surface area contributed by atoms with E-state index in [1.54, 1.807) is 11.3 Å². The van der Waals surface area contributed by atoms with Crippen molar-refractivity contribution in [3.05, 3.63) is 16.1 Å². The predicted octanol–water partition coefficient (Wildman–Crippen LogP) is 1.39. The van der Waals surface area contributed by atoms with E-state index in [-0.39, 0.29) is 0 Å². The van der Waals surface area contributed by atoms with Crippen molar-refractivity contribution in [1.82, 2.24) is 4.98 Å². The lowest BCUT2D eigenvalue weighted by Crippen LogP contribution is -1.87. The fraction of sp³-hybridized carbons (Fsp3) is 0.571. The number of thiazole rings is 1. The van der Waals surface area contributed by atoms with Crippen molar-refractivity contribution < 1.29 is 4.74 Å². The van der Waals surface area contributed by atoms with Gasteiger partial charge >= 0.3 is 0 Å². The molecule has 2 heterocycles. The van der Waals surface area contributed by atoms with Gasteiger partial charge in [-0.15, -0.1) is 11.3 Å². The minimum atomic E-state index is 0.500. The third-order valence-electron chi connectivity index (χ3n) is 1.50. The summed E-state index contributed by atoms with van der Waals surface area (Å²) in [5.74, 6) is 0. The molecule has 2 nitrogen and oxygen atoms in total. The summed E-state index contributed by atoms with van der Waals surface area (Å²) >= 11 is 1.76. The summed E-state index contributed by atoms with van der Waals surface area (Å²) in [6.45, 7) is 2.97. The molecule has 0 N–H and O–H groups in total. The van der Waals surface area contributed by atoms with Crippen LogP contribution in [0.25, 0.3) is 0 Å². The molecular formula is C7H9NOS. The second-order valence-corrected chi connectivity index (χ2v) is 3.82. The van der Waals surface area contributed by atoms with Gasteiger partial charge in [0.2, 0.25) is 0 Å². The number of nitrogens with zero attached hydrogens (tertiary/aromatic N) is 1. The molecule has 0 aliphatic carbocycles. The van der Waals surface area contributed by atoms with Crippen molar-refractivity contribution in [3.8, 4) is 0 Å². The first-order chi connectivity index (χ1) is 4.84. The number of hydrogen-bond donors (Lipinski definition) is 0. The van der Waals surface area contributed by atoms with E-state index in [4.69, 9.17) is 4.74 Å². The van der Waals surface area contributed by atoms with Crippen molar-refractivity contribution in [2.45, 2.75) is 19.4 Å². The van der Waals surface area contributed by atoms with E-state index in [2.05, 4.69) is 4.98 Å². The van der Waals surface area contributed by atoms with E-state index in [0.717, 1.165) is 18.0 Å². The van der Waals surface area contributed by atoms with Gasteiger partial charge in [0, 0.05) is 17.5 Å². The third kappa shape index (κ3) is 1.36. The number of aryl methyl sites for hydroxylation is 1. The highest BCUT2D eigenvalue weighted by atomic mass is 32.1. The summed E-state index contributed by atoms with van der Waals surface area (Å²) in [6.07, 6.45) is 3.51. The first-order valence-corrected chi connectivity index (χ1v) is 4.19. The lowest BCUT2D eigenvalue weighted by atomic mass is 10.3. The van der Waals surface area contributed by atoms with Gasteiger partial charge in [-0.25, -0.2) is 4.98 Å². The van der Waals surface area contributed by atoms with Crippen LogP contribution in [0.3, 0.4) is 0 Å². The normalized spacial score (nSPS) is 23.1. The van der Waals surface area contributed by atoms with E-state index in [0.29, 0.717) is 6.10 Å². The predicted molar refractivity (Wildman–Crippen MR) is 40.3 cm³/mol. The number of aromatic nitrogens is 1. The monoisotopic (exact) mass is 155 g/mol. The second-order valence-electron chi connectivity index (χ2n) is 2.51. The van der Waals surface area contributed by atoms with Crippen LogP contribution < -0.4 is 0 Å². The van der Waals surface area contributed by atoms with Crippen LogP contribution >= 0.6 is 11.3 Å². The quantitative estimate of drug-likeness (QED) is 0.603. The molecule has 1 aromatic heterocycles. The molecule has 3 heteroatoms. The fourth-order valence-electron chi connectivity index (χ4n) is 0.910. The third-order valence-corrected chi connectivity index (χ3v) is 2.44. The maximum Gasteiger partial charge on any atom is 0.0896 e. The van der Waals surface area contributed by atoms with Crippen molar-refractivity contribution in [3.63, 3.8) is 0 Å². The molecule has 1 saturated heterocycles. The minimum absolute atomic E-state index is 0.500. The Hall–Kier alpha value is -0.410. The minimum Gasteiger partial charge on any atom is -0.373 e. The van der Waals surface area contributed by atoms with Crippen LogP contribution in [0.5, 0.6) is 0 Å². The van der Waals surface area contributed by atoms with E-state index < -0.39 is 0 Å². The van der Waals surface area contributed by atoms with Crippen LogP contribution in [0.2, 0.25) is 0 Å². The van der Waals surface area contributed by atoms with Gasteiger partial charge in [-0.1, -0.05) is 0 Å². The highest BCUT2D eigenvalue weighted by Gasteiger charge is 2.23. The topological polar surface area (TPSA) is 25.4 Å². The van der Waals surface area contributed by atoms with E-state index in [9.17, 15) is 0 Å². The molecule has 10 heavy (non-hydrogen) atoms. The maximum atomic E-state index is 5.10. The van der Waals surface area contributed by atoms with Gasteiger partial charge < -0.3 is 4.74 Å². The molecule has 1 fully saturated rings. The summed E-state index contributed by atoms with van der Waals surface area (Å²) < 4.78 is 5.10. The zero-order valence-electron chi connectivity index (χ0n) is 5.83. The summed E-state index contributed by atoms with van der Waals surface area (Å²) in [6, 6.07) is 0. The van der Waals surface area contributed by atoms with Crippen LogP contribution in [0.4, 0.5) is 0 Å². The van der Waals surface area contributed by atoms with Gasteiger partial charge in [0.05, 0.1) is 17.7 Å². The Labute approximate surface area is 63.9 Å². The summed E-state index contributed by atoms with van der Waals surface area (Å²) in [5, 5.41) is 1.15. The molecule has 2 rings (SSSR count). The second kappa shape index (κ2) is 2.32. The van der Waals surface area contributed by atoms with E-state index in [1.165, 1.54) is 4.88 Å². The Bertz CT molecular complexity index is 229. The molecule has 1 aliphatic heterocycles. The van der Waals surface area contributed by atoms with Gasteiger partial charge in [-0.05, 0) is 6.92 Å². The van der Waals surface area contributed by atoms with Crippen LogP contribution in [0.1, 0.15) is 9.88 Å². The molecule has 0 spiro atoms. The van der Waals surface area contributed by atoms with E-state index >= 15 is 0 Å². The standard InChI is InChI=1S/C7H9NOS/c1-5-8-3-7(10-5)2-6-4-9-6/h3,6H,2,4H2,1H3. The molecule has 0 radical (unpaired) electrons. The Balaban J connectivity index is 2.03. The Kier molecular flexibility index (Phi) is 1.47. The first kappa shape index (κ1) is 6.31. The van der Waals surface area contributed by atoms with Crippen LogP contribution in [0, 0.1) is 6.92 Å². The zero-order chi connectivity index (χ0) is 6.97.